The van der Waals surface area contributed by atoms with Crippen molar-refractivity contribution in [3.05, 3.63) is 47.5 Å². The molecule has 0 radical (unpaired) electrons. The predicted octanol–water partition coefficient (Wildman–Crippen LogP) is 4.89. The van der Waals surface area contributed by atoms with Gasteiger partial charge in [-0.1, -0.05) is 18.9 Å². The molecule has 1 N–H and O–H groups in total. The molecule has 30 heavy (non-hydrogen) atoms. The van der Waals surface area contributed by atoms with Crippen LogP contribution in [-0.2, 0) is 5.41 Å². The minimum absolute atomic E-state index is 0.0105. The first-order valence-corrected chi connectivity index (χ1v) is 10.8. The molecule has 1 fully saturated rings. The zero-order valence-corrected chi connectivity index (χ0v) is 17.6. The summed E-state index contributed by atoms with van der Waals surface area (Å²) in [4.78, 5) is 15.3. The molecule has 2 amide bonds. The van der Waals surface area contributed by atoms with E-state index < -0.39 is 0 Å². The number of benzene rings is 2. The molecule has 0 saturated heterocycles. The van der Waals surface area contributed by atoms with Gasteiger partial charge in [0.15, 0.2) is 11.5 Å². The van der Waals surface area contributed by atoms with Crippen LogP contribution in [0.25, 0.3) is 0 Å². The lowest BCUT2D eigenvalue weighted by Gasteiger charge is -2.46. The molecule has 6 nitrogen and oxygen atoms in total. The summed E-state index contributed by atoms with van der Waals surface area (Å²) in [7, 11) is 1.63. The monoisotopic (exact) mass is 408 g/mol. The molecule has 1 saturated carbocycles. The second-order valence-corrected chi connectivity index (χ2v) is 8.54. The van der Waals surface area contributed by atoms with Crippen LogP contribution >= 0.6 is 0 Å². The van der Waals surface area contributed by atoms with Crippen molar-refractivity contribution in [2.75, 3.05) is 32.2 Å². The maximum absolute atomic E-state index is 13.3. The summed E-state index contributed by atoms with van der Waals surface area (Å²) in [5.41, 5.74) is 3.24. The smallest absolute Gasteiger partial charge is 0.322 e. The van der Waals surface area contributed by atoms with Crippen LogP contribution in [-0.4, -0.2) is 37.8 Å². The van der Waals surface area contributed by atoms with Crippen LogP contribution in [0.3, 0.4) is 0 Å². The summed E-state index contributed by atoms with van der Waals surface area (Å²) in [5, 5.41) is 3.07. The van der Waals surface area contributed by atoms with E-state index in [-0.39, 0.29) is 17.5 Å². The Balaban J connectivity index is 1.49. The Morgan fingerprint density at radius 2 is 1.87 bits per heavy atom. The summed E-state index contributed by atoms with van der Waals surface area (Å²) in [6, 6.07) is 11.6. The average molecular weight is 408 g/mol. The summed E-state index contributed by atoms with van der Waals surface area (Å²) < 4.78 is 17.0. The van der Waals surface area contributed by atoms with Crippen molar-refractivity contribution in [2.45, 2.75) is 44.1 Å². The number of ether oxygens (including phenoxy) is 3. The van der Waals surface area contributed by atoms with Gasteiger partial charge in [0.25, 0.3) is 0 Å². The lowest BCUT2D eigenvalue weighted by molar-refractivity contribution is 0.149. The number of nitrogens with zero attached hydrogens (tertiary/aromatic N) is 1. The molecule has 1 atom stereocenters. The van der Waals surface area contributed by atoms with E-state index in [0.717, 1.165) is 42.3 Å². The SMILES string of the molecule is COc1cccc(NC(=O)N2CC3(CCCC3)c3cc4c(cc3[C@@H]2C)OCCO4)c1. The Hall–Kier alpha value is -2.89. The predicted molar refractivity (Wildman–Crippen MR) is 115 cm³/mol. The van der Waals surface area contributed by atoms with E-state index in [0.29, 0.717) is 13.2 Å². The number of rotatable bonds is 2. The van der Waals surface area contributed by atoms with Crippen LogP contribution in [0, 0.1) is 0 Å². The third kappa shape index (κ3) is 3.15. The van der Waals surface area contributed by atoms with Crippen molar-refractivity contribution < 1.29 is 19.0 Å². The maximum Gasteiger partial charge on any atom is 0.322 e. The number of amides is 2. The Labute approximate surface area is 177 Å². The molecule has 2 aromatic carbocycles. The van der Waals surface area contributed by atoms with Gasteiger partial charge in [-0.15, -0.1) is 0 Å². The Morgan fingerprint density at radius 3 is 2.60 bits per heavy atom. The molecule has 0 aromatic heterocycles. The number of anilines is 1. The first-order chi connectivity index (χ1) is 14.6. The fourth-order valence-corrected chi connectivity index (χ4v) is 5.25. The number of hydrogen-bond acceptors (Lipinski definition) is 4. The summed E-state index contributed by atoms with van der Waals surface area (Å²) in [6.07, 6.45) is 4.56. The highest BCUT2D eigenvalue weighted by molar-refractivity contribution is 5.90. The van der Waals surface area contributed by atoms with E-state index in [2.05, 4.69) is 24.4 Å². The van der Waals surface area contributed by atoms with Gasteiger partial charge in [0.1, 0.15) is 19.0 Å². The highest BCUT2D eigenvalue weighted by Gasteiger charge is 2.46. The number of carbonyl (C=O) groups excluding carboxylic acids is 1. The summed E-state index contributed by atoms with van der Waals surface area (Å²) in [5.74, 6) is 2.35. The third-order valence-electron chi connectivity index (χ3n) is 6.82. The molecular formula is C24H28N2O4. The Kier molecular flexibility index (Phi) is 4.72. The molecule has 3 aliphatic rings. The second-order valence-electron chi connectivity index (χ2n) is 8.54. The zero-order chi connectivity index (χ0) is 20.7. The van der Waals surface area contributed by atoms with Crippen LogP contribution in [0.1, 0.15) is 49.8 Å². The van der Waals surface area contributed by atoms with Gasteiger partial charge < -0.3 is 24.4 Å². The van der Waals surface area contributed by atoms with Gasteiger partial charge in [-0.05, 0) is 55.2 Å². The number of methoxy groups -OCH3 is 1. The van der Waals surface area contributed by atoms with Gasteiger partial charge in [-0.2, -0.15) is 0 Å². The number of urea groups is 1. The number of hydrogen-bond donors (Lipinski definition) is 1. The van der Waals surface area contributed by atoms with Crippen molar-refractivity contribution in [3.8, 4) is 17.2 Å². The van der Waals surface area contributed by atoms with E-state index >= 15 is 0 Å². The van der Waals surface area contributed by atoms with Gasteiger partial charge in [-0.3, -0.25) is 0 Å². The molecule has 2 aliphatic heterocycles. The molecule has 5 rings (SSSR count). The van der Waals surface area contributed by atoms with Gasteiger partial charge in [-0.25, -0.2) is 4.79 Å². The third-order valence-corrected chi connectivity index (χ3v) is 6.82. The molecule has 6 heteroatoms. The highest BCUT2D eigenvalue weighted by Crippen LogP contribution is 2.52. The lowest BCUT2D eigenvalue weighted by Crippen LogP contribution is -2.50. The van der Waals surface area contributed by atoms with Crippen LogP contribution < -0.4 is 19.5 Å². The molecule has 0 bridgehead atoms. The van der Waals surface area contributed by atoms with E-state index in [1.165, 1.54) is 24.0 Å². The molecule has 0 unspecified atom stereocenters. The van der Waals surface area contributed by atoms with Crippen molar-refractivity contribution >= 4 is 11.7 Å². The first-order valence-electron chi connectivity index (χ1n) is 10.8. The van der Waals surface area contributed by atoms with Crippen molar-refractivity contribution in [1.29, 1.82) is 0 Å². The molecule has 2 aromatic rings. The van der Waals surface area contributed by atoms with Crippen LogP contribution in [0.5, 0.6) is 17.2 Å². The molecular weight excluding hydrogens is 380 g/mol. The van der Waals surface area contributed by atoms with Gasteiger partial charge in [0, 0.05) is 23.7 Å². The second kappa shape index (κ2) is 7.42. The Bertz CT molecular complexity index is 968. The molecule has 158 valence electrons. The minimum atomic E-state index is -0.0810. The maximum atomic E-state index is 13.3. The number of fused-ring (bicyclic) bond motifs is 3. The summed E-state index contributed by atoms with van der Waals surface area (Å²) in [6.45, 7) is 3.97. The fraction of sp³-hybridized carbons (Fsp3) is 0.458. The normalized spacial score (nSPS) is 21.3. The fourth-order valence-electron chi connectivity index (χ4n) is 5.25. The minimum Gasteiger partial charge on any atom is -0.497 e. The van der Waals surface area contributed by atoms with Crippen molar-refractivity contribution in [3.63, 3.8) is 0 Å². The van der Waals surface area contributed by atoms with E-state index in [1.807, 2.05) is 29.2 Å². The largest absolute Gasteiger partial charge is 0.497 e. The van der Waals surface area contributed by atoms with Gasteiger partial charge >= 0.3 is 6.03 Å². The van der Waals surface area contributed by atoms with Gasteiger partial charge in [0.05, 0.1) is 13.2 Å². The highest BCUT2D eigenvalue weighted by atomic mass is 16.6. The summed E-state index contributed by atoms with van der Waals surface area (Å²) >= 11 is 0. The van der Waals surface area contributed by atoms with Crippen LogP contribution in [0.15, 0.2) is 36.4 Å². The lowest BCUT2D eigenvalue weighted by atomic mass is 9.71. The van der Waals surface area contributed by atoms with Gasteiger partial charge in [0.2, 0.25) is 0 Å². The average Bonchev–Trinajstić information content (AvgIpc) is 3.25. The van der Waals surface area contributed by atoms with Crippen LogP contribution in [0.4, 0.5) is 10.5 Å². The van der Waals surface area contributed by atoms with E-state index in [4.69, 9.17) is 14.2 Å². The van der Waals surface area contributed by atoms with Crippen LogP contribution in [0.2, 0.25) is 0 Å². The molecule has 2 heterocycles. The number of carbonyl (C=O) groups is 1. The zero-order valence-electron chi connectivity index (χ0n) is 17.6. The molecule has 1 spiro atoms. The number of nitrogens with one attached hydrogen (secondary N) is 1. The van der Waals surface area contributed by atoms with E-state index in [1.54, 1.807) is 7.11 Å². The first kappa shape index (κ1) is 19.1. The molecule has 1 aliphatic carbocycles. The van der Waals surface area contributed by atoms with E-state index in [9.17, 15) is 4.79 Å². The standard InChI is InChI=1S/C24H28N2O4/c1-16-19-13-21-22(30-11-10-29-21)14-20(19)24(8-3-4-9-24)15-26(16)23(27)25-17-6-5-7-18(12-17)28-2/h5-7,12-14,16H,3-4,8-11,15H2,1-2H3,(H,25,27)/t16-/m0/s1. The topological polar surface area (TPSA) is 60.0 Å². The van der Waals surface area contributed by atoms with Crippen molar-refractivity contribution in [1.82, 2.24) is 4.90 Å². The Morgan fingerprint density at radius 1 is 1.13 bits per heavy atom. The van der Waals surface area contributed by atoms with Crippen molar-refractivity contribution in [2.24, 2.45) is 0 Å². The quantitative estimate of drug-likeness (QED) is 0.769.